The molecule has 182 valence electrons. The Morgan fingerprint density at radius 1 is 1.09 bits per heavy atom. The Labute approximate surface area is 195 Å². The number of alkyl halides is 3. The first-order valence-electron chi connectivity index (χ1n) is 11.5. The van der Waals surface area contributed by atoms with Gasteiger partial charge in [0.2, 0.25) is 0 Å². The molecule has 1 unspecified atom stereocenters. The van der Waals surface area contributed by atoms with Gasteiger partial charge in [0, 0.05) is 57.8 Å². The fraction of sp³-hybridized carbons (Fsp3) is 0.458. The van der Waals surface area contributed by atoms with Gasteiger partial charge < -0.3 is 14.9 Å². The lowest BCUT2D eigenvalue weighted by molar-refractivity contribution is -0.182. The molecular weight excluding hydrogens is 465 g/mol. The van der Waals surface area contributed by atoms with Crippen LogP contribution in [0.3, 0.4) is 0 Å². The van der Waals surface area contributed by atoms with Gasteiger partial charge in [-0.05, 0) is 62.8 Å². The van der Waals surface area contributed by atoms with Crippen molar-refractivity contribution in [3.8, 4) is 11.1 Å². The summed E-state index contributed by atoms with van der Waals surface area (Å²) < 4.78 is 62.4. The molecule has 10 heteroatoms. The SMILES string of the molecule is Cn1cc(-c2cc(S(=N)(=O)C3CC3)ccc2N[C@H]2CC[C@H](C(F)(F)F)CC2)c2cc[nH]c2c1=O. The molecule has 34 heavy (non-hydrogen) atoms. The van der Waals surface area contributed by atoms with Gasteiger partial charge in [-0.1, -0.05) is 0 Å². The quantitative estimate of drug-likeness (QED) is 0.431. The monoisotopic (exact) mass is 492 g/mol. The third kappa shape index (κ3) is 4.12. The number of rotatable bonds is 5. The molecule has 0 aliphatic heterocycles. The molecule has 0 bridgehead atoms. The highest BCUT2D eigenvalue weighted by molar-refractivity contribution is 7.93. The minimum Gasteiger partial charge on any atom is -0.382 e. The van der Waals surface area contributed by atoms with Gasteiger partial charge in [-0.3, -0.25) is 4.79 Å². The average Bonchev–Trinajstić information content (AvgIpc) is 3.54. The van der Waals surface area contributed by atoms with Gasteiger partial charge in [0.05, 0.1) is 15.6 Å². The molecule has 6 nitrogen and oxygen atoms in total. The van der Waals surface area contributed by atoms with Crippen molar-refractivity contribution in [2.45, 2.75) is 60.9 Å². The third-order valence-corrected chi connectivity index (χ3v) is 9.43. The zero-order valence-corrected chi connectivity index (χ0v) is 19.6. The summed E-state index contributed by atoms with van der Waals surface area (Å²) in [4.78, 5) is 16.0. The molecule has 2 aliphatic rings. The van der Waals surface area contributed by atoms with Crippen LogP contribution in [0.2, 0.25) is 0 Å². The van der Waals surface area contributed by atoms with Gasteiger partial charge in [-0.2, -0.15) is 13.2 Å². The van der Waals surface area contributed by atoms with E-state index in [0.717, 1.165) is 18.4 Å². The number of H-pyrrole nitrogens is 1. The van der Waals surface area contributed by atoms with Crippen LogP contribution >= 0.6 is 0 Å². The molecule has 5 rings (SSSR count). The second-order valence-electron chi connectivity index (χ2n) is 9.47. The Hall–Kier alpha value is -2.75. The summed E-state index contributed by atoms with van der Waals surface area (Å²) in [6.07, 6.45) is 1.73. The summed E-state index contributed by atoms with van der Waals surface area (Å²) in [6.45, 7) is 0. The van der Waals surface area contributed by atoms with Crippen molar-refractivity contribution in [3.63, 3.8) is 0 Å². The van der Waals surface area contributed by atoms with Crippen LogP contribution in [0, 0.1) is 10.7 Å². The van der Waals surface area contributed by atoms with Crippen LogP contribution in [-0.4, -0.2) is 31.2 Å². The standard InChI is InChI=1S/C24H27F3N4O2S/c1-31-13-20(18-10-11-29-22(18)23(31)32)19-12-17(34(28,33)16-6-7-16)8-9-21(19)30-15-4-2-14(3-5-15)24(25,26)27/h8-16,28-30H,2-7H2,1H3/t14-,15-,34?. The van der Waals surface area contributed by atoms with Gasteiger partial charge in [0.1, 0.15) is 5.52 Å². The third-order valence-electron chi connectivity index (χ3n) is 7.07. The van der Waals surface area contributed by atoms with Gasteiger partial charge in [-0.25, -0.2) is 8.99 Å². The lowest BCUT2D eigenvalue weighted by Gasteiger charge is -2.31. The lowest BCUT2D eigenvalue weighted by atomic mass is 9.85. The van der Waals surface area contributed by atoms with E-state index < -0.39 is 21.8 Å². The number of nitrogens with one attached hydrogen (secondary N) is 3. The molecule has 3 aromatic rings. The highest BCUT2D eigenvalue weighted by Gasteiger charge is 2.41. The maximum Gasteiger partial charge on any atom is 0.391 e. The molecule has 0 saturated heterocycles. The Kier molecular flexibility index (Phi) is 5.54. The molecule has 0 spiro atoms. The fourth-order valence-corrected chi connectivity index (χ4v) is 6.67. The van der Waals surface area contributed by atoms with Gasteiger partial charge in [0.25, 0.3) is 5.56 Å². The molecule has 0 amide bonds. The van der Waals surface area contributed by atoms with Crippen molar-refractivity contribution >= 4 is 26.3 Å². The first kappa shape index (κ1) is 23.0. The van der Waals surface area contributed by atoms with Crippen molar-refractivity contribution in [1.82, 2.24) is 9.55 Å². The zero-order valence-electron chi connectivity index (χ0n) is 18.7. The van der Waals surface area contributed by atoms with Crippen LogP contribution < -0.4 is 10.9 Å². The van der Waals surface area contributed by atoms with Gasteiger partial charge in [0.15, 0.2) is 0 Å². The van der Waals surface area contributed by atoms with Crippen molar-refractivity contribution in [2.75, 3.05) is 5.32 Å². The smallest absolute Gasteiger partial charge is 0.382 e. The Morgan fingerprint density at radius 2 is 1.79 bits per heavy atom. The number of hydrogen-bond acceptors (Lipinski definition) is 4. The molecule has 2 heterocycles. The van der Waals surface area contributed by atoms with Crippen LogP contribution in [0.5, 0.6) is 0 Å². The number of benzene rings is 1. The zero-order chi connectivity index (χ0) is 24.3. The van der Waals surface area contributed by atoms with Crippen molar-refractivity contribution in [1.29, 1.82) is 4.78 Å². The summed E-state index contributed by atoms with van der Waals surface area (Å²) in [7, 11) is -1.31. The summed E-state index contributed by atoms with van der Waals surface area (Å²) in [5.74, 6) is -1.26. The Bertz CT molecular complexity index is 1400. The van der Waals surface area contributed by atoms with Crippen molar-refractivity contribution < 1.29 is 17.4 Å². The van der Waals surface area contributed by atoms with E-state index in [2.05, 4.69) is 10.3 Å². The summed E-state index contributed by atoms with van der Waals surface area (Å²) in [6, 6.07) is 6.90. The number of pyridine rings is 1. The van der Waals surface area contributed by atoms with Crippen LogP contribution in [-0.2, 0) is 16.8 Å². The highest BCUT2D eigenvalue weighted by Crippen LogP contribution is 2.41. The lowest BCUT2D eigenvalue weighted by Crippen LogP contribution is -2.33. The molecule has 2 fully saturated rings. The second-order valence-corrected chi connectivity index (χ2v) is 11.8. The predicted octanol–water partition coefficient (Wildman–Crippen LogP) is 5.63. The van der Waals surface area contributed by atoms with Crippen molar-refractivity contribution in [2.24, 2.45) is 13.0 Å². The maximum atomic E-state index is 13.2. The van der Waals surface area contributed by atoms with E-state index in [1.165, 1.54) is 4.57 Å². The molecule has 2 saturated carbocycles. The van der Waals surface area contributed by atoms with Crippen molar-refractivity contribution in [3.05, 3.63) is 47.0 Å². The van der Waals surface area contributed by atoms with Gasteiger partial charge in [-0.15, -0.1) is 0 Å². The number of nitrogens with zero attached hydrogens (tertiary/aromatic N) is 1. The second kappa shape index (κ2) is 8.18. The number of fused-ring (bicyclic) bond motifs is 1. The topological polar surface area (TPSA) is 90.7 Å². The highest BCUT2D eigenvalue weighted by atomic mass is 32.2. The molecule has 1 aromatic carbocycles. The normalized spacial score (nSPS) is 23.1. The molecular formula is C24H27F3N4O2S. The molecule has 2 aromatic heterocycles. The largest absolute Gasteiger partial charge is 0.391 e. The molecule has 2 aliphatic carbocycles. The van der Waals surface area contributed by atoms with Crippen LogP contribution in [0.4, 0.5) is 18.9 Å². The number of aromatic nitrogens is 2. The maximum absolute atomic E-state index is 13.2. The minimum absolute atomic E-state index is 0.0820. The minimum atomic E-state index is -4.16. The van der Waals surface area contributed by atoms with E-state index in [0.29, 0.717) is 39.9 Å². The Morgan fingerprint density at radius 3 is 2.44 bits per heavy atom. The van der Waals surface area contributed by atoms with Crippen LogP contribution in [0.15, 0.2) is 46.3 Å². The summed E-state index contributed by atoms with van der Waals surface area (Å²) >= 11 is 0. The molecule has 0 radical (unpaired) electrons. The summed E-state index contributed by atoms with van der Waals surface area (Å²) in [5.41, 5.74) is 2.39. The first-order valence-corrected chi connectivity index (χ1v) is 13.1. The van der Waals surface area contributed by atoms with E-state index in [4.69, 9.17) is 4.78 Å². The number of anilines is 1. The number of aryl methyl sites for hydroxylation is 1. The first-order chi connectivity index (χ1) is 16.1. The number of hydrogen-bond donors (Lipinski definition) is 3. The van der Waals surface area contributed by atoms with E-state index in [1.54, 1.807) is 43.7 Å². The molecule has 3 N–H and O–H groups in total. The summed E-state index contributed by atoms with van der Waals surface area (Å²) in [5, 5.41) is 3.97. The van der Waals surface area contributed by atoms with E-state index in [9.17, 15) is 22.2 Å². The molecule has 1 atom stereocenters. The van der Waals surface area contributed by atoms with Crippen LogP contribution in [0.25, 0.3) is 22.0 Å². The predicted molar refractivity (Wildman–Crippen MR) is 127 cm³/mol. The number of halogens is 3. The van der Waals surface area contributed by atoms with Crippen LogP contribution in [0.1, 0.15) is 38.5 Å². The number of aromatic amines is 1. The van der Waals surface area contributed by atoms with Gasteiger partial charge >= 0.3 is 6.18 Å². The average molecular weight is 493 g/mol. The van der Waals surface area contributed by atoms with E-state index in [-0.39, 0.29) is 29.7 Å². The fourth-order valence-electron chi connectivity index (χ4n) is 4.92. The van der Waals surface area contributed by atoms with E-state index >= 15 is 0 Å². The van der Waals surface area contributed by atoms with E-state index in [1.807, 2.05) is 0 Å². The Balaban J connectivity index is 1.56.